The van der Waals surface area contributed by atoms with E-state index in [0.717, 1.165) is 19.4 Å². The summed E-state index contributed by atoms with van der Waals surface area (Å²) < 4.78 is 5.77. The second-order valence-electron chi connectivity index (χ2n) is 5.41. The molecule has 0 aliphatic carbocycles. The van der Waals surface area contributed by atoms with E-state index >= 15 is 0 Å². The largest absolute Gasteiger partial charge is 0.375 e. The third kappa shape index (κ3) is 1.55. The van der Waals surface area contributed by atoms with Crippen molar-refractivity contribution in [2.75, 3.05) is 17.2 Å². The SMILES string of the molecule is CC1(C)CC2(CCO1)Nc1ccccc1N2. The van der Waals surface area contributed by atoms with Gasteiger partial charge in [0.1, 0.15) is 5.66 Å². The van der Waals surface area contributed by atoms with Crippen molar-refractivity contribution in [2.24, 2.45) is 0 Å². The van der Waals surface area contributed by atoms with E-state index < -0.39 is 0 Å². The summed E-state index contributed by atoms with van der Waals surface area (Å²) in [5, 5.41) is 7.23. The lowest BCUT2D eigenvalue weighted by molar-refractivity contribution is -0.0696. The number of para-hydroxylation sites is 2. The van der Waals surface area contributed by atoms with Gasteiger partial charge in [0.2, 0.25) is 0 Å². The number of benzene rings is 1. The average molecular weight is 218 g/mol. The number of fused-ring (bicyclic) bond motifs is 1. The van der Waals surface area contributed by atoms with Crippen LogP contribution >= 0.6 is 0 Å². The van der Waals surface area contributed by atoms with Crippen LogP contribution in [0.1, 0.15) is 26.7 Å². The molecular weight excluding hydrogens is 200 g/mol. The van der Waals surface area contributed by atoms with Gasteiger partial charge in [-0.1, -0.05) is 12.1 Å². The normalized spacial score (nSPS) is 24.6. The van der Waals surface area contributed by atoms with E-state index in [1.807, 2.05) is 0 Å². The van der Waals surface area contributed by atoms with Gasteiger partial charge < -0.3 is 15.4 Å². The van der Waals surface area contributed by atoms with Crippen molar-refractivity contribution in [2.45, 2.75) is 38.0 Å². The molecule has 0 bridgehead atoms. The zero-order chi connectivity index (χ0) is 11.2. The minimum atomic E-state index is -0.0553. The molecule has 3 rings (SSSR count). The molecule has 0 atom stereocenters. The summed E-state index contributed by atoms with van der Waals surface area (Å²) in [5.41, 5.74) is 2.35. The molecule has 2 N–H and O–H groups in total. The summed E-state index contributed by atoms with van der Waals surface area (Å²) in [6.07, 6.45) is 1.99. The molecule has 0 saturated carbocycles. The molecule has 3 heteroatoms. The Kier molecular flexibility index (Phi) is 1.96. The molecule has 16 heavy (non-hydrogen) atoms. The van der Waals surface area contributed by atoms with Gasteiger partial charge in [-0.25, -0.2) is 0 Å². The minimum absolute atomic E-state index is 0.00850. The fourth-order valence-corrected chi connectivity index (χ4v) is 2.83. The molecule has 1 spiro atoms. The van der Waals surface area contributed by atoms with Crippen LogP contribution in [-0.4, -0.2) is 17.9 Å². The number of hydrogen-bond donors (Lipinski definition) is 2. The van der Waals surface area contributed by atoms with Crippen molar-refractivity contribution in [3.05, 3.63) is 24.3 Å². The maximum atomic E-state index is 5.77. The fourth-order valence-electron chi connectivity index (χ4n) is 2.83. The van der Waals surface area contributed by atoms with E-state index in [1.165, 1.54) is 11.4 Å². The topological polar surface area (TPSA) is 33.3 Å². The van der Waals surface area contributed by atoms with E-state index in [9.17, 15) is 0 Å². The van der Waals surface area contributed by atoms with E-state index in [1.54, 1.807) is 0 Å². The predicted molar refractivity (Wildman–Crippen MR) is 65.7 cm³/mol. The molecule has 0 amide bonds. The second kappa shape index (κ2) is 3.14. The van der Waals surface area contributed by atoms with Crippen LogP contribution in [0.25, 0.3) is 0 Å². The summed E-state index contributed by atoms with van der Waals surface area (Å²) in [5.74, 6) is 0. The van der Waals surface area contributed by atoms with Gasteiger partial charge in [-0.15, -0.1) is 0 Å². The lowest BCUT2D eigenvalue weighted by atomic mass is 9.88. The fraction of sp³-hybridized carbons (Fsp3) is 0.538. The summed E-state index contributed by atoms with van der Waals surface area (Å²) in [4.78, 5) is 0. The smallest absolute Gasteiger partial charge is 0.113 e. The summed E-state index contributed by atoms with van der Waals surface area (Å²) in [6, 6.07) is 8.38. The number of ether oxygens (including phenoxy) is 1. The average Bonchev–Trinajstić information content (AvgIpc) is 2.52. The molecule has 1 aromatic carbocycles. The van der Waals surface area contributed by atoms with Crippen LogP contribution in [0.5, 0.6) is 0 Å². The van der Waals surface area contributed by atoms with Crippen LogP contribution in [-0.2, 0) is 4.74 Å². The van der Waals surface area contributed by atoms with Gasteiger partial charge in [0.05, 0.1) is 23.6 Å². The highest BCUT2D eigenvalue weighted by atomic mass is 16.5. The van der Waals surface area contributed by atoms with Gasteiger partial charge in [-0.3, -0.25) is 0 Å². The Morgan fingerprint density at radius 2 is 1.75 bits per heavy atom. The Bertz CT molecular complexity index is 389. The first-order valence-corrected chi connectivity index (χ1v) is 5.88. The maximum Gasteiger partial charge on any atom is 0.113 e. The van der Waals surface area contributed by atoms with Gasteiger partial charge in [0.15, 0.2) is 0 Å². The summed E-state index contributed by atoms with van der Waals surface area (Å²) >= 11 is 0. The van der Waals surface area contributed by atoms with Crippen LogP contribution in [0.4, 0.5) is 11.4 Å². The molecule has 1 aromatic rings. The van der Waals surface area contributed by atoms with Crippen molar-refractivity contribution in [1.82, 2.24) is 0 Å². The molecule has 2 aliphatic rings. The van der Waals surface area contributed by atoms with Crippen LogP contribution in [0, 0.1) is 0 Å². The second-order valence-corrected chi connectivity index (χ2v) is 5.41. The number of rotatable bonds is 0. The van der Waals surface area contributed by atoms with Gasteiger partial charge in [0, 0.05) is 12.8 Å². The van der Waals surface area contributed by atoms with Crippen LogP contribution in [0.3, 0.4) is 0 Å². The van der Waals surface area contributed by atoms with E-state index in [-0.39, 0.29) is 11.3 Å². The molecule has 2 aliphatic heterocycles. The van der Waals surface area contributed by atoms with Gasteiger partial charge >= 0.3 is 0 Å². The first-order chi connectivity index (χ1) is 7.59. The molecule has 2 heterocycles. The molecule has 1 fully saturated rings. The highest BCUT2D eigenvalue weighted by molar-refractivity contribution is 5.76. The maximum absolute atomic E-state index is 5.77. The number of anilines is 2. The first kappa shape index (κ1) is 9.97. The molecule has 0 aromatic heterocycles. The highest BCUT2D eigenvalue weighted by Gasteiger charge is 2.44. The van der Waals surface area contributed by atoms with Crippen LogP contribution < -0.4 is 10.6 Å². The first-order valence-electron chi connectivity index (χ1n) is 5.88. The van der Waals surface area contributed by atoms with E-state index in [2.05, 4.69) is 48.7 Å². The molecular formula is C13H18N2O. The van der Waals surface area contributed by atoms with E-state index in [4.69, 9.17) is 4.74 Å². The monoisotopic (exact) mass is 218 g/mol. The Morgan fingerprint density at radius 1 is 1.12 bits per heavy atom. The van der Waals surface area contributed by atoms with Crippen molar-refractivity contribution in [1.29, 1.82) is 0 Å². The predicted octanol–water partition coefficient (Wildman–Crippen LogP) is 2.81. The molecule has 3 nitrogen and oxygen atoms in total. The Hall–Kier alpha value is -1.22. The Morgan fingerprint density at radius 3 is 2.31 bits per heavy atom. The molecule has 0 unspecified atom stereocenters. The van der Waals surface area contributed by atoms with Crippen LogP contribution in [0.2, 0.25) is 0 Å². The lowest BCUT2D eigenvalue weighted by Gasteiger charge is -2.43. The third-order valence-corrected chi connectivity index (χ3v) is 3.42. The van der Waals surface area contributed by atoms with Crippen LogP contribution in [0.15, 0.2) is 24.3 Å². The Labute approximate surface area is 96.2 Å². The van der Waals surface area contributed by atoms with Gasteiger partial charge in [-0.05, 0) is 26.0 Å². The standard InChI is InChI=1S/C13H18N2O/c1-12(2)9-13(7-8-16-12)14-10-5-3-4-6-11(10)15-13/h3-6,14-15H,7-9H2,1-2H3. The van der Waals surface area contributed by atoms with Crippen molar-refractivity contribution >= 4 is 11.4 Å². The van der Waals surface area contributed by atoms with Crippen molar-refractivity contribution in [3.8, 4) is 0 Å². The highest BCUT2D eigenvalue weighted by Crippen LogP contribution is 2.42. The number of hydrogen-bond acceptors (Lipinski definition) is 3. The Balaban J connectivity index is 1.88. The number of nitrogens with one attached hydrogen (secondary N) is 2. The van der Waals surface area contributed by atoms with Gasteiger partial charge in [-0.2, -0.15) is 0 Å². The van der Waals surface area contributed by atoms with Crippen molar-refractivity contribution in [3.63, 3.8) is 0 Å². The minimum Gasteiger partial charge on any atom is -0.375 e. The summed E-state index contributed by atoms with van der Waals surface area (Å²) in [7, 11) is 0. The lowest BCUT2D eigenvalue weighted by Crippen LogP contribution is -2.53. The molecule has 86 valence electrons. The molecule has 1 saturated heterocycles. The summed E-state index contributed by atoms with van der Waals surface area (Å²) in [6.45, 7) is 5.11. The zero-order valence-corrected chi connectivity index (χ0v) is 9.84. The van der Waals surface area contributed by atoms with Crippen molar-refractivity contribution < 1.29 is 4.74 Å². The quantitative estimate of drug-likeness (QED) is 0.702. The van der Waals surface area contributed by atoms with E-state index in [0.29, 0.717) is 0 Å². The third-order valence-electron chi connectivity index (χ3n) is 3.42. The zero-order valence-electron chi connectivity index (χ0n) is 9.84. The van der Waals surface area contributed by atoms with Gasteiger partial charge in [0.25, 0.3) is 0 Å². The molecule has 0 radical (unpaired) electrons.